The number of esters is 1. The SMILES string of the molecule is C=CC=CCCCCCCCCCCCCCC(=O)OCC=C(C)CCC=C(C)CCC1C(C)=CCCC1(C)C. The first-order valence-electron chi connectivity index (χ1n) is 16.7. The maximum absolute atomic E-state index is 12.1. The number of hydrogen-bond donors (Lipinski definition) is 0. The van der Waals surface area contributed by atoms with E-state index in [9.17, 15) is 4.79 Å². The molecule has 1 aliphatic carbocycles. The minimum Gasteiger partial charge on any atom is -0.461 e. The van der Waals surface area contributed by atoms with Crippen molar-refractivity contribution in [2.45, 2.75) is 157 Å². The molecule has 0 bridgehead atoms. The molecule has 1 aliphatic rings. The van der Waals surface area contributed by atoms with Crippen molar-refractivity contribution in [2.75, 3.05) is 6.61 Å². The molecule has 0 amide bonds. The molecule has 1 unspecified atom stereocenters. The van der Waals surface area contributed by atoms with Gasteiger partial charge in [-0.05, 0) is 96.0 Å². The van der Waals surface area contributed by atoms with Crippen LogP contribution in [0.15, 0.2) is 59.8 Å². The van der Waals surface area contributed by atoms with E-state index in [1.807, 2.05) is 12.2 Å². The molecule has 0 aromatic carbocycles. The van der Waals surface area contributed by atoms with Gasteiger partial charge in [0.05, 0.1) is 0 Å². The second kappa shape index (κ2) is 22.8. The van der Waals surface area contributed by atoms with Gasteiger partial charge in [0.1, 0.15) is 6.61 Å². The Labute approximate surface area is 249 Å². The summed E-state index contributed by atoms with van der Waals surface area (Å²) in [5, 5.41) is 0. The molecule has 2 nitrogen and oxygen atoms in total. The maximum atomic E-state index is 12.1. The van der Waals surface area contributed by atoms with Crippen LogP contribution in [0.2, 0.25) is 0 Å². The van der Waals surface area contributed by atoms with Crippen LogP contribution in [-0.4, -0.2) is 12.6 Å². The smallest absolute Gasteiger partial charge is 0.306 e. The molecule has 0 aromatic heterocycles. The molecule has 40 heavy (non-hydrogen) atoms. The van der Waals surface area contributed by atoms with Gasteiger partial charge in [0.15, 0.2) is 0 Å². The lowest BCUT2D eigenvalue weighted by Gasteiger charge is -2.38. The van der Waals surface area contributed by atoms with E-state index in [4.69, 9.17) is 4.74 Å². The van der Waals surface area contributed by atoms with Crippen LogP contribution in [0.1, 0.15) is 157 Å². The lowest BCUT2D eigenvalue weighted by Crippen LogP contribution is -2.27. The molecule has 0 saturated carbocycles. The largest absolute Gasteiger partial charge is 0.461 e. The minimum absolute atomic E-state index is 0.0465. The normalized spacial score (nSPS) is 17.7. The molecule has 1 rings (SSSR count). The zero-order chi connectivity index (χ0) is 29.5. The van der Waals surface area contributed by atoms with Crippen molar-refractivity contribution in [1.82, 2.24) is 0 Å². The Kier molecular flexibility index (Phi) is 20.6. The first-order valence-corrected chi connectivity index (χ1v) is 16.7. The van der Waals surface area contributed by atoms with Crippen molar-refractivity contribution in [3.63, 3.8) is 0 Å². The minimum atomic E-state index is -0.0465. The van der Waals surface area contributed by atoms with E-state index < -0.39 is 0 Å². The number of allylic oxidation sites excluding steroid dienone is 8. The van der Waals surface area contributed by atoms with Gasteiger partial charge in [0.25, 0.3) is 0 Å². The highest BCUT2D eigenvalue weighted by Gasteiger charge is 2.32. The maximum Gasteiger partial charge on any atom is 0.306 e. The lowest BCUT2D eigenvalue weighted by atomic mass is 9.67. The van der Waals surface area contributed by atoms with Gasteiger partial charge in [-0.2, -0.15) is 0 Å². The number of ether oxygens (including phenoxy) is 1. The topological polar surface area (TPSA) is 26.3 Å². The number of unbranched alkanes of at least 4 members (excludes halogenated alkanes) is 11. The van der Waals surface area contributed by atoms with Crippen molar-refractivity contribution in [3.05, 3.63) is 59.8 Å². The van der Waals surface area contributed by atoms with Gasteiger partial charge in [0.2, 0.25) is 0 Å². The zero-order valence-corrected chi connectivity index (χ0v) is 27.2. The molecule has 0 saturated heterocycles. The van der Waals surface area contributed by atoms with Crippen molar-refractivity contribution in [2.24, 2.45) is 11.3 Å². The highest BCUT2D eigenvalue weighted by Crippen LogP contribution is 2.43. The fourth-order valence-electron chi connectivity index (χ4n) is 6.01. The Bertz CT molecular complexity index is 807. The molecule has 0 N–H and O–H groups in total. The van der Waals surface area contributed by atoms with Gasteiger partial charge in [-0.25, -0.2) is 0 Å². The molecule has 1 atom stereocenters. The Morgan fingerprint density at radius 1 is 0.875 bits per heavy atom. The number of hydrogen-bond acceptors (Lipinski definition) is 2. The summed E-state index contributed by atoms with van der Waals surface area (Å²) in [4.78, 5) is 12.1. The molecule has 0 aromatic rings. The number of carbonyl (C=O) groups excluding carboxylic acids is 1. The molecular formula is C38H64O2. The van der Waals surface area contributed by atoms with Gasteiger partial charge in [-0.1, -0.05) is 125 Å². The predicted molar refractivity (Wildman–Crippen MR) is 177 cm³/mol. The second-order valence-electron chi connectivity index (χ2n) is 13.0. The van der Waals surface area contributed by atoms with Crippen LogP contribution in [0.4, 0.5) is 0 Å². The molecular weight excluding hydrogens is 488 g/mol. The summed E-state index contributed by atoms with van der Waals surface area (Å²) in [6.07, 6.45) is 36.0. The third kappa shape index (κ3) is 18.5. The van der Waals surface area contributed by atoms with Crippen LogP contribution in [0, 0.1) is 11.3 Å². The van der Waals surface area contributed by atoms with E-state index in [0.717, 1.165) is 25.7 Å². The molecule has 0 fully saturated rings. The Hall–Kier alpha value is -1.83. The van der Waals surface area contributed by atoms with Gasteiger partial charge >= 0.3 is 5.97 Å². The van der Waals surface area contributed by atoms with Crippen molar-refractivity contribution in [3.8, 4) is 0 Å². The lowest BCUT2D eigenvalue weighted by molar-refractivity contribution is -0.142. The van der Waals surface area contributed by atoms with Crippen LogP contribution in [0.3, 0.4) is 0 Å². The third-order valence-corrected chi connectivity index (χ3v) is 8.81. The summed E-state index contributed by atoms with van der Waals surface area (Å²) in [6.45, 7) is 15.7. The van der Waals surface area contributed by atoms with Gasteiger partial charge in [-0.3, -0.25) is 4.79 Å². The van der Waals surface area contributed by atoms with Crippen LogP contribution in [0.25, 0.3) is 0 Å². The number of carbonyl (C=O) groups is 1. The Morgan fingerprint density at radius 3 is 2.10 bits per heavy atom. The van der Waals surface area contributed by atoms with Crippen molar-refractivity contribution in [1.29, 1.82) is 0 Å². The summed E-state index contributed by atoms with van der Waals surface area (Å²) >= 11 is 0. The van der Waals surface area contributed by atoms with E-state index in [2.05, 4.69) is 65.5 Å². The van der Waals surface area contributed by atoms with Crippen LogP contribution >= 0.6 is 0 Å². The van der Waals surface area contributed by atoms with Crippen LogP contribution in [0.5, 0.6) is 0 Å². The Morgan fingerprint density at radius 2 is 1.48 bits per heavy atom. The summed E-state index contributed by atoms with van der Waals surface area (Å²) in [7, 11) is 0. The van der Waals surface area contributed by atoms with Gasteiger partial charge in [0, 0.05) is 6.42 Å². The quantitative estimate of drug-likeness (QED) is 0.0545. The molecule has 0 spiro atoms. The summed E-state index contributed by atoms with van der Waals surface area (Å²) in [6, 6.07) is 0. The van der Waals surface area contributed by atoms with Gasteiger partial charge in [-0.15, -0.1) is 0 Å². The molecule has 0 heterocycles. The first kappa shape index (κ1) is 36.2. The summed E-state index contributed by atoms with van der Waals surface area (Å²) in [5.74, 6) is 0.668. The fourth-order valence-corrected chi connectivity index (χ4v) is 6.01. The van der Waals surface area contributed by atoms with E-state index in [-0.39, 0.29) is 5.97 Å². The monoisotopic (exact) mass is 552 g/mol. The highest BCUT2D eigenvalue weighted by atomic mass is 16.5. The molecule has 2 heteroatoms. The molecule has 228 valence electrons. The van der Waals surface area contributed by atoms with Crippen molar-refractivity contribution < 1.29 is 9.53 Å². The average molecular weight is 553 g/mol. The van der Waals surface area contributed by atoms with Gasteiger partial charge < -0.3 is 4.74 Å². The number of rotatable bonds is 23. The van der Waals surface area contributed by atoms with E-state index >= 15 is 0 Å². The third-order valence-electron chi connectivity index (χ3n) is 8.81. The molecule has 0 radical (unpaired) electrons. The summed E-state index contributed by atoms with van der Waals surface area (Å²) in [5.41, 5.74) is 4.84. The predicted octanol–water partition coefficient (Wildman–Crippen LogP) is 12.2. The molecule has 0 aliphatic heterocycles. The first-order chi connectivity index (χ1) is 19.3. The van der Waals surface area contributed by atoms with Crippen molar-refractivity contribution >= 4 is 5.97 Å². The fraction of sp³-hybridized carbons (Fsp3) is 0.711. The standard InChI is InChI=1S/C38H64O2/c1-7-8-9-10-11-12-13-14-15-16-17-18-19-20-21-27-37(39)40-32-30-34(3)25-22-24-33(2)28-29-36-35(4)26-23-31-38(36,5)6/h7-9,24,26,30,36H,1,10-23,25,27-29,31-32H2,2-6H3. The van der Waals surface area contributed by atoms with E-state index in [1.54, 1.807) is 5.57 Å². The highest BCUT2D eigenvalue weighted by molar-refractivity contribution is 5.69. The zero-order valence-electron chi connectivity index (χ0n) is 27.2. The van der Waals surface area contributed by atoms with Crippen LogP contribution in [-0.2, 0) is 9.53 Å². The Balaban J connectivity index is 2.00. The average Bonchev–Trinajstić information content (AvgIpc) is 2.90. The van der Waals surface area contributed by atoms with Crippen LogP contribution < -0.4 is 0 Å². The van der Waals surface area contributed by atoms with E-state index in [1.165, 1.54) is 101 Å². The second-order valence-corrected chi connectivity index (χ2v) is 13.0. The van der Waals surface area contributed by atoms with E-state index in [0.29, 0.717) is 24.4 Å². The summed E-state index contributed by atoms with van der Waals surface area (Å²) < 4.78 is 5.45.